The number of hydrogen-bond acceptors (Lipinski definition) is 3. The summed E-state index contributed by atoms with van der Waals surface area (Å²) in [6, 6.07) is 4.96. The van der Waals surface area contributed by atoms with E-state index in [1.54, 1.807) is 31.3 Å². The van der Waals surface area contributed by atoms with Gasteiger partial charge in [0, 0.05) is 18.8 Å². The second-order valence-corrected chi connectivity index (χ2v) is 3.93. The molecule has 0 aliphatic carbocycles. The first-order valence-electron chi connectivity index (χ1n) is 5.18. The summed E-state index contributed by atoms with van der Waals surface area (Å²) in [5.74, 6) is 0. The lowest BCUT2D eigenvalue weighted by atomic mass is 10.2. The highest BCUT2D eigenvalue weighted by molar-refractivity contribution is 5.07. The number of alkyl halides is 3. The van der Waals surface area contributed by atoms with Gasteiger partial charge in [-0.25, -0.2) is 0 Å². The quantitative estimate of drug-likeness (QED) is 0.885. The highest BCUT2D eigenvalue weighted by Crippen LogP contribution is 2.23. The first kappa shape index (κ1) is 13.9. The van der Waals surface area contributed by atoms with Gasteiger partial charge in [-0.05, 0) is 26.1 Å². The van der Waals surface area contributed by atoms with Crippen LogP contribution < -0.4 is 0 Å². The van der Waals surface area contributed by atoms with E-state index in [1.165, 1.54) is 11.9 Å². The first-order valence-corrected chi connectivity index (χ1v) is 5.18. The molecule has 1 rings (SSSR count). The zero-order chi connectivity index (χ0) is 13.1. The van der Waals surface area contributed by atoms with Crippen LogP contribution in [-0.2, 0) is 0 Å². The van der Waals surface area contributed by atoms with Gasteiger partial charge in [-0.3, -0.25) is 9.88 Å². The van der Waals surface area contributed by atoms with Crippen molar-refractivity contribution < 1.29 is 18.3 Å². The van der Waals surface area contributed by atoms with Crippen molar-refractivity contribution in [1.29, 1.82) is 0 Å². The molecular weight excluding hydrogens is 233 g/mol. The molecule has 2 atom stereocenters. The third kappa shape index (κ3) is 3.98. The Morgan fingerprint density at radius 3 is 2.53 bits per heavy atom. The zero-order valence-corrected chi connectivity index (χ0v) is 9.65. The maximum atomic E-state index is 12.2. The Labute approximate surface area is 97.9 Å². The van der Waals surface area contributed by atoms with E-state index in [4.69, 9.17) is 5.11 Å². The zero-order valence-electron chi connectivity index (χ0n) is 9.65. The van der Waals surface area contributed by atoms with Gasteiger partial charge in [-0.1, -0.05) is 6.07 Å². The fourth-order valence-corrected chi connectivity index (χ4v) is 1.38. The van der Waals surface area contributed by atoms with Crippen molar-refractivity contribution in [3.05, 3.63) is 30.1 Å². The minimum atomic E-state index is -4.59. The maximum Gasteiger partial charge on any atom is 0.415 e. The van der Waals surface area contributed by atoms with Crippen LogP contribution in [0.2, 0.25) is 0 Å². The van der Waals surface area contributed by atoms with Crippen LogP contribution in [0.4, 0.5) is 13.2 Å². The molecule has 1 N–H and O–H groups in total. The second-order valence-electron chi connectivity index (χ2n) is 3.93. The molecule has 96 valence electrons. The predicted molar refractivity (Wildman–Crippen MR) is 57.3 cm³/mol. The largest absolute Gasteiger partial charge is 0.415 e. The molecule has 0 aliphatic heterocycles. The second kappa shape index (κ2) is 5.46. The van der Waals surface area contributed by atoms with Crippen LogP contribution in [0.5, 0.6) is 0 Å². The minimum Gasteiger partial charge on any atom is -0.382 e. The van der Waals surface area contributed by atoms with E-state index in [1.807, 2.05) is 0 Å². The average molecular weight is 248 g/mol. The molecule has 0 radical (unpaired) electrons. The van der Waals surface area contributed by atoms with Crippen molar-refractivity contribution in [3.63, 3.8) is 0 Å². The monoisotopic (exact) mass is 248 g/mol. The van der Waals surface area contributed by atoms with Crippen molar-refractivity contribution in [2.45, 2.75) is 25.2 Å². The number of likely N-dealkylation sites (N-methyl/N-ethyl adjacent to an activating group) is 1. The molecule has 0 bridgehead atoms. The van der Waals surface area contributed by atoms with Gasteiger partial charge in [0.2, 0.25) is 0 Å². The van der Waals surface area contributed by atoms with Crippen molar-refractivity contribution in [2.24, 2.45) is 0 Å². The smallest absolute Gasteiger partial charge is 0.382 e. The molecule has 1 aromatic rings. The molecule has 0 saturated carbocycles. The van der Waals surface area contributed by atoms with Crippen molar-refractivity contribution in [1.82, 2.24) is 9.88 Å². The summed E-state index contributed by atoms with van der Waals surface area (Å²) in [5, 5.41) is 8.96. The van der Waals surface area contributed by atoms with Gasteiger partial charge in [0.1, 0.15) is 0 Å². The molecule has 1 aromatic heterocycles. The van der Waals surface area contributed by atoms with Crippen LogP contribution in [0.15, 0.2) is 24.4 Å². The summed E-state index contributed by atoms with van der Waals surface area (Å²) in [5.41, 5.74) is 0.671. The van der Waals surface area contributed by atoms with E-state index in [0.717, 1.165) is 0 Å². The standard InChI is InChI=1S/C11H15F3N2O/c1-8(9-5-3-4-6-15-9)16(2)7-10(17)11(12,13)14/h3-6,8,10,17H,7H2,1-2H3. The number of rotatable bonds is 4. The average Bonchev–Trinajstić information content (AvgIpc) is 2.27. The Kier molecular flexibility index (Phi) is 4.47. The maximum absolute atomic E-state index is 12.2. The van der Waals surface area contributed by atoms with E-state index in [9.17, 15) is 13.2 Å². The fourth-order valence-electron chi connectivity index (χ4n) is 1.38. The van der Waals surface area contributed by atoms with E-state index < -0.39 is 18.8 Å². The molecule has 0 amide bonds. The van der Waals surface area contributed by atoms with Gasteiger partial charge >= 0.3 is 6.18 Å². The summed E-state index contributed by atoms with van der Waals surface area (Å²) in [6.45, 7) is 1.27. The molecule has 0 aliphatic rings. The van der Waals surface area contributed by atoms with Crippen LogP contribution in [0.1, 0.15) is 18.7 Å². The van der Waals surface area contributed by atoms with Gasteiger partial charge < -0.3 is 5.11 Å². The topological polar surface area (TPSA) is 36.4 Å². The molecule has 1 heterocycles. The molecule has 0 saturated heterocycles. The van der Waals surface area contributed by atoms with Gasteiger partial charge in [0.05, 0.1) is 5.69 Å². The molecule has 3 nitrogen and oxygen atoms in total. The van der Waals surface area contributed by atoms with Gasteiger partial charge in [-0.15, -0.1) is 0 Å². The van der Waals surface area contributed by atoms with Crippen molar-refractivity contribution in [2.75, 3.05) is 13.6 Å². The third-order valence-corrected chi connectivity index (χ3v) is 2.62. The summed E-state index contributed by atoms with van der Waals surface area (Å²) >= 11 is 0. The molecule has 6 heteroatoms. The van der Waals surface area contributed by atoms with E-state index in [0.29, 0.717) is 5.69 Å². The summed E-state index contributed by atoms with van der Waals surface area (Å²) in [6.07, 6.45) is -5.34. The Morgan fingerprint density at radius 1 is 1.41 bits per heavy atom. The van der Waals surface area contributed by atoms with Crippen LogP contribution >= 0.6 is 0 Å². The number of aliphatic hydroxyl groups is 1. The normalized spacial score (nSPS) is 15.9. The Morgan fingerprint density at radius 2 is 2.06 bits per heavy atom. The molecule has 0 spiro atoms. The molecule has 0 fully saturated rings. The lowest BCUT2D eigenvalue weighted by molar-refractivity contribution is -0.208. The highest BCUT2D eigenvalue weighted by Gasteiger charge is 2.39. The van der Waals surface area contributed by atoms with E-state index in [-0.39, 0.29) is 6.04 Å². The van der Waals surface area contributed by atoms with Crippen LogP contribution in [0.3, 0.4) is 0 Å². The van der Waals surface area contributed by atoms with E-state index >= 15 is 0 Å². The number of hydrogen-bond donors (Lipinski definition) is 1. The fraction of sp³-hybridized carbons (Fsp3) is 0.545. The lowest BCUT2D eigenvalue weighted by Crippen LogP contribution is -2.40. The molecule has 0 aromatic carbocycles. The Bertz CT molecular complexity index is 342. The number of aromatic nitrogens is 1. The first-order chi connectivity index (χ1) is 7.82. The summed E-state index contributed by atoms with van der Waals surface area (Å²) < 4.78 is 36.5. The van der Waals surface area contributed by atoms with Gasteiger partial charge in [-0.2, -0.15) is 13.2 Å². The summed E-state index contributed by atoms with van der Waals surface area (Å²) in [7, 11) is 1.52. The molecule has 17 heavy (non-hydrogen) atoms. The summed E-state index contributed by atoms with van der Waals surface area (Å²) in [4.78, 5) is 5.48. The molecular formula is C11H15F3N2O. The Hall–Kier alpha value is -1.14. The van der Waals surface area contributed by atoms with Crippen LogP contribution in [0.25, 0.3) is 0 Å². The van der Waals surface area contributed by atoms with Gasteiger partial charge in [0.25, 0.3) is 0 Å². The van der Waals surface area contributed by atoms with Gasteiger partial charge in [0.15, 0.2) is 6.10 Å². The highest BCUT2D eigenvalue weighted by atomic mass is 19.4. The number of nitrogens with zero attached hydrogens (tertiary/aromatic N) is 2. The lowest BCUT2D eigenvalue weighted by Gasteiger charge is -2.27. The van der Waals surface area contributed by atoms with Crippen molar-refractivity contribution in [3.8, 4) is 0 Å². The van der Waals surface area contributed by atoms with E-state index in [2.05, 4.69) is 4.98 Å². The number of pyridine rings is 1. The third-order valence-electron chi connectivity index (χ3n) is 2.62. The number of aliphatic hydroxyl groups excluding tert-OH is 1. The number of halogens is 3. The minimum absolute atomic E-state index is 0.284. The Balaban J connectivity index is 2.62. The van der Waals surface area contributed by atoms with Crippen molar-refractivity contribution >= 4 is 0 Å². The van der Waals surface area contributed by atoms with Crippen LogP contribution in [-0.4, -0.2) is 40.9 Å². The molecule has 2 unspecified atom stereocenters. The SMILES string of the molecule is CC(c1ccccn1)N(C)CC(O)C(F)(F)F. The predicted octanol–water partition coefficient (Wildman–Crippen LogP) is 2.00. The van der Waals surface area contributed by atoms with Crippen LogP contribution in [0, 0.1) is 0 Å².